The van der Waals surface area contributed by atoms with Crippen LogP contribution >= 0.6 is 0 Å². The Labute approximate surface area is 116 Å². The summed E-state index contributed by atoms with van der Waals surface area (Å²) in [5, 5.41) is 3.31. The van der Waals surface area contributed by atoms with Crippen molar-refractivity contribution in [1.82, 2.24) is 9.97 Å². The summed E-state index contributed by atoms with van der Waals surface area (Å²) in [6, 6.07) is 0. The van der Waals surface area contributed by atoms with E-state index < -0.39 is 0 Å². The first kappa shape index (κ1) is 14.1. The summed E-state index contributed by atoms with van der Waals surface area (Å²) < 4.78 is 0. The van der Waals surface area contributed by atoms with Gasteiger partial charge in [0, 0.05) is 19.6 Å². The molecule has 0 unspecified atom stereocenters. The van der Waals surface area contributed by atoms with Crippen LogP contribution in [0.15, 0.2) is 12.4 Å². The van der Waals surface area contributed by atoms with Gasteiger partial charge >= 0.3 is 0 Å². The second kappa shape index (κ2) is 6.22. The fourth-order valence-corrected chi connectivity index (χ4v) is 2.50. The van der Waals surface area contributed by atoms with Gasteiger partial charge in [0.15, 0.2) is 0 Å². The van der Waals surface area contributed by atoms with Gasteiger partial charge in [0.05, 0.1) is 12.4 Å². The SMILES string of the molecule is CCCNc1cncc(N2CCCC(C)(C)CC2)n1. The largest absolute Gasteiger partial charge is 0.369 e. The van der Waals surface area contributed by atoms with Crippen molar-refractivity contribution in [2.24, 2.45) is 5.41 Å². The Bertz CT molecular complexity index is 403. The van der Waals surface area contributed by atoms with Crippen molar-refractivity contribution in [2.75, 3.05) is 29.9 Å². The quantitative estimate of drug-likeness (QED) is 0.903. The molecule has 4 nitrogen and oxygen atoms in total. The first-order valence-corrected chi connectivity index (χ1v) is 7.41. The van der Waals surface area contributed by atoms with E-state index in [1.807, 2.05) is 6.20 Å². The highest BCUT2D eigenvalue weighted by Gasteiger charge is 2.23. The Balaban J connectivity index is 2.04. The lowest BCUT2D eigenvalue weighted by Gasteiger charge is -2.24. The van der Waals surface area contributed by atoms with Crippen LogP contribution in [-0.4, -0.2) is 29.6 Å². The third-order valence-corrected chi connectivity index (χ3v) is 3.84. The lowest BCUT2D eigenvalue weighted by molar-refractivity contribution is 0.325. The minimum Gasteiger partial charge on any atom is -0.369 e. The predicted molar refractivity (Wildman–Crippen MR) is 80.7 cm³/mol. The van der Waals surface area contributed by atoms with Crippen molar-refractivity contribution in [3.8, 4) is 0 Å². The molecule has 0 amide bonds. The zero-order valence-electron chi connectivity index (χ0n) is 12.4. The zero-order chi connectivity index (χ0) is 13.7. The number of hydrogen-bond donors (Lipinski definition) is 1. The second-order valence-electron chi connectivity index (χ2n) is 6.19. The van der Waals surface area contributed by atoms with Gasteiger partial charge in [0.25, 0.3) is 0 Å². The molecule has 1 saturated heterocycles. The van der Waals surface area contributed by atoms with Crippen molar-refractivity contribution in [3.05, 3.63) is 12.4 Å². The molecule has 4 heteroatoms. The summed E-state index contributed by atoms with van der Waals surface area (Å²) in [4.78, 5) is 11.4. The topological polar surface area (TPSA) is 41.1 Å². The van der Waals surface area contributed by atoms with Crippen LogP contribution in [0.2, 0.25) is 0 Å². The van der Waals surface area contributed by atoms with Crippen molar-refractivity contribution in [3.63, 3.8) is 0 Å². The Morgan fingerprint density at radius 1 is 1.26 bits per heavy atom. The van der Waals surface area contributed by atoms with E-state index in [0.717, 1.165) is 37.7 Å². The number of hydrogen-bond acceptors (Lipinski definition) is 4. The van der Waals surface area contributed by atoms with E-state index >= 15 is 0 Å². The third kappa shape index (κ3) is 4.08. The van der Waals surface area contributed by atoms with E-state index in [1.165, 1.54) is 19.3 Å². The Hall–Kier alpha value is -1.32. The normalized spacial score (nSPS) is 19.0. The molecule has 19 heavy (non-hydrogen) atoms. The molecule has 1 aliphatic heterocycles. The maximum absolute atomic E-state index is 4.68. The number of aromatic nitrogens is 2. The first-order chi connectivity index (χ1) is 9.11. The molecule has 0 spiro atoms. The average Bonchev–Trinajstić information content (AvgIpc) is 2.58. The molecule has 1 aromatic heterocycles. The van der Waals surface area contributed by atoms with Crippen LogP contribution in [0.25, 0.3) is 0 Å². The van der Waals surface area contributed by atoms with Gasteiger partial charge in [-0.25, -0.2) is 4.98 Å². The van der Waals surface area contributed by atoms with Crippen LogP contribution in [0, 0.1) is 5.41 Å². The van der Waals surface area contributed by atoms with Gasteiger partial charge in [0.1, 0.15) is 11.6 Å². The van der Waals surface area contributed by atoms with Crippen LogP contribution in [0.3, 0.4) is 0 Å². The summed E-state index contributed by atoms with van der Waals surface area (Å²) in [6.07, 6.45) is 8.55. The molecule has 1 aliphatic rings. The number of anilines is 2. The van der Waals surface area contributed by atoms with Crippen LogP contribution in [0.4, 0.5) is 11.6 Å². The zero-order valence-corrected chi connectivity index (χ0v) is 12.4. The smallest absolute Gasteiger partial charge is 0.149 e. The molecule has 1 fully saturated rings. The Kier molecular flexibility index (Phi) is 4.61. The molecule has 1 N–H and O–H groups in total. The molecular weight excluding hydrogens is 236 g/mol. The van der Waals surface area contributed by atoms with Crippen LogP contribution in [0.1, 0.15) is 46.5 Å². The molecule has 2 rings (SSSR count). The average molecular weight is 262 g/mol. The molecule has 0 radical (unpaired) electrons. The maximum Gasteiger partial charge on any atom is 0.149 e. The predicted octanol–water partition coefficient (Wildman–Crippen LogP) is 3.32. The van der Waals surface area contributed by atoms with E-state index in [0.29, 0.717) is 5.41 Å². The number of nitrogens with zero attached hydrogens (tertiary/aromatic N) is 3. The molecule has 0 aromatic carbocycles. The molecule has 1 aromatic rings. The monoisotopic (exact) mass is 262 g/mol. The minimum absolute atomic E-state index is 0.459. The van der Waals surface area contributed by atoms with Crippen molar-refractivity contribution < 1.29 is 0 Å². The molecule has 106 valence electrons. The maximum atomic E-state index is 4.68. The van der Waals surface area contributed by atoms with E-state index in [4.69, 9.17) is 0 Å². The lowest BCUT2D eigenvalue weighted by Crippen LogP contribution is -2.26. The third-order valence-electron chi connectivity index (χ3n) is 3.84. The molecule has 2 heterocycles. The summed E-state index contributed by atoms with van der Waals surface area (Å²) in [5.41, 5.74) is 0.459. The summed E-state index contributed by atoms with van der Waals surface area (Å²) in [7, 11) is 0. The molecule has 0 bridgehead atoms. The lowest BCUT2D eigenvalue weighted by atomic mass is 9.85. The molecular formula is C15H26N4. The fraction of sp³-hybridized carbons (Fsp3) is 0.733. The minimum atomic E-state index is 0.459. The summed E-state index contributed by atoms with van der Waals surface area (Å²) in [6.45, 7) is 10.0. The summed E-state index contributed by atoms with van der Waals surface area (Å²) in [5.74, 6) is 1.90. The van der Waals surface area contributed by atoms with Crippen molar-refractivity contribution >= 4 is 11.6 Å². The van der Waals surface area contributed by atoms with E-state index in [-0.39, 0.29) is 0 Å². The fourth-order valence-electron chi connectivity index (χ4n) is 2.50. The van der Waals surface area contributed by atoms with Crippen LogP contribution in [-0.2, 0) is 0 Å². The highest BCUT2D eigenvalue weighted by atomic mass is 15.2. The summed E-state index contributed by atoms with van der Waals surface area (Å²) >= 11 is 0. The highest BCUT2D eigenvalue weighted by molar-refractivity contribution is 5.43. The van der Waals surface area contributed by atoms with E-state index in [2.05, 4.69) is 41.0 Å². The van der Waals surface area contributed by atoms with Crippen LogP contribution in [0.5, 0.6) is 0 Å². The molecule has 0 atom stereocenters. The molecule has 0 aliphatic carbocycles. The van der Waals surface area contributed by atoms with Crippen LogP contribution < -0.4 is 10.2 Å². The Morgan fingerprint density at radius 3 is 2.89 bits per heavy atom. The first-order valence-electron chi connectivity index (χ1n) is 7.41. The van der Waals surface area contributed by atoms with E-state index in [9.17, 15) is 0 Å². The van der Waals surface area contributed by atoms with E-state index in [1.54, 1.807) is 6.20 Å². The molecule has 0 saturated carbocycles. The standard InChI is InChI=1S/C15H26N4/c1-4-8-17-13-11-16-12-14(18-13)19-9-5-6-15(2,3)7-10-19/h11-12H,4-10H2,1-3H3,(H,17,18). The van der Waals surface area contributed by atoms with Gasteiger partial charge in [-0.05, 0) is 31.1 Å². The van der Waals surface area contributed by atoms with Gasteiger partial charge < -0.3 is 10.2 Å². The number of nitrogens with one attached hydrogen (secondary N) is 1. The van der Waals surface area contributed by atoms with Gasteiger partial charge in [-0.1, -0.05) is 20.8 Å². The van der Waals surface area contributed by atoms with Crippen molar-refractivity contribution in [2.45, 2.75) is 46.5 Å². The van der Waals surface area contributed by atoms with Gasteiger partial charge in [-0.3, -0.25) is 4.98 Å². The second-order valence-corrected chi connectivity index (χ2v) is 6.19. The van der Waals surface area contributed by atoms with Gasteiger partial charge in [-0.2, -0.15) is 0 Å². The Morgan fingerprint density at radius 2 is 2.11 bits per heavy atom. The van der Waals surface area contributed by atoms with Gasteiger partial charge in [0.2, 0.25) is 0 Å². The van der Waals surface area contributed by atoms with Crippen molar-refractivity contribution in [1.29, 1.82) is 0 Å². The number of rotatable bonds is 4. The van der Waals surface area contributed by atoms with Gasteiger partial charge in [-0.15, -0.1) is 0 Å². The highest BCUT2D eigenvalue weighted by Crippen LogP contribution is 2.31.